The van der Waals surface area contributed by atoms with Crippen molar-refractivity contribution in [1.29, 1.82) is 0 Å². The first kappa shape index (κ1) is 18.0. The molecule has 0 fully saturated rings. The lowest BCUT2D eigenvalue weighted by Gasteiger charge is -2.07. The highest BCUT2D eigenvalue weighted by molar-refractivity contribution is 6.31. The van der Waals surface area contributed by atoms with Crippen LogP contribution in [0.25, 0.3) is 0 Å². The van der Waals surface area contributed by atoms with E-state index in [4.69, 9.17) is 11.6 Å². The van der Waals surface area contributed by atoms with Gasteiger partial charge in [-0.3, -0.25) is 9.48 Å². The molecule has 7 heteroatoms. The summed E-state index contributed by atoms with van der Waals surface area (Å²) < 4.78 is 6.46. The number of nitrogens with one attached hydrogen (secondary N) is 1. The minimum atomic E-state index is -0.425. The van der Waals surface area contributed by atoms with Crippen molar-refractivity contribution >= 4 is 23.5 Å². The Hall–Kier alpha value is -2.34. The van der Waals surface area contributed by atoms with Crippen LogP contribution in [0.15, 0.2) is 24.3 Å². The number of carbonyl (C=O) groups is 2. The maximum atomic E-state index is 12.1. The van der Waals surface area contributed by atoms with Crippen molar-refractivity contribution in [3.05, 3.63) is 51.8 Å². The van der Waals surface area contributed by atoms with Gasteiger partial charge >= 0.3 is 5.97 Å². The largest absolute Gasteiger partial charge is 0.465 e. The highest BCUT2D eigenvalue weighted by Crippen LogP contribution is 2.18. The van der Waals surface area contributed by atoms with Crippen LogP contribution in [-0.2, 0) is 11.3 Å². The summed E-state index contributed by atoms with van der Waals surface area (Å²) in [5.74, 6) is -0.608. The van der Waals surface area contributed by atoms with Crippen molar-refractivity contribution < 1.29 is 14.3 Å². The minimum absolute atomic E-state index is 0.183. The van der Waals surface area contributed by atoms with Gasteiger partial charge in [0, 0.05) is 18.7 Å². The van der Waals surface area contributed by atoms with E-state index in [1.54, 1.807) is 24.3 Å². The fraction of sp³-hybridized carbons (Fsp3) is 0.353. The Balaban J connectivity index is 1.82. The zero-order valence-corrected chi connectivity index (χ0v) is 14.7. The smallest absolute Gasteiger partial charge is 0.337 e. The lowest BCUT2D eigenvalue weighted by molar-refractivity contribution is 0.0600. The molecule has 2 aromatic rings. The standard InChI is InChI=1S/C17H20ClN3O3/c1-11-15(18)12(2)21(20-11)10-4-9-19-16(22)13-5-7-14(8-6-13)17(23)24-3/h5-8H,4,9-10H2,1-3H3,(H,19,22). The molecule has 0 radical (unpaired) electrons. The van der Waals surface area contributed by atoms with Crippen LogP contribution >= 0.6 is 11.6 Å². The normalized spacial score (nSPS) is 10.5. The number of benzene rings is 1. The van der Waals surface area contributed by atoms with Gasteiger partial charge in [0.15, 0.2) is 0 Å². The molecule has 6 nitrogen and oxygen atoms in total. The third-order valence-electron chi connectivity index (χ3n) is 3.69. The monoisotopic (exact) mass is 349 g/mol. The average molecular weight is 350 g/mol. The fourth-order valence-corrected chi connectivity index (χ4v) is 2.44. The fourth-order valence-electron chi connectivity index (χ4n) is 2.30. The summed E-state index contributed by atoms with van der Waals surface area (Å²) in [6, 6.07) is 6.34. The van der Waals surface area contributed by atoms with Gasteiger partial charge in [0.25, 0.3) is 5.91 Å². The van der Waals surface area contributed by atoms with Crippen molar-refractivity contribution in [3.63, 3.8) is 0 Å². The summed E-state index contributed by atoms with van der Waals surface area (Å²) in [5.41, 5.74) is 2.65. The Bertz CT molecular complexity index is 738. The van der Waals surface area contributed by atoms with E-state index >= 15 is 0 Å². The van der Waals surface area contributed by atoms with Gasteiger partial charge in [-0.05, 0) is 44.5 Å². The number of hydrogen-bond donors (Lipinski definition) is 1. The van der Waals surface area contributed by atoms with Crippen molar-refractivity contribution in [3.8, 4) is 0 Å². The molecule has 1 heterocycles. The second kappa shape index (κ2) is 7.97. The second-order valence-electron chi connectivity index (χ2n) is 5.39. The lowest BCUT2D eigenvalue weighted by atomic mass is 10.1. The summed E-state index contributed by atoms with van der Waals surface area (Å²) in [5, 5.41) is 7.88. The van der Waals surface area contributed by atoms with Gasteiger partial charge in [0.2, 0.25) is 0 Å². The summed E-state index contributed by atoms with van der Waals surface area (Å²) in [6.45, 7) is 4.99. The lowest BCUT2D eigenvalue weighted by Crippen LogP contribution is -2.25. The summed E-state index contributed by atoms with van der Waals surface area (Å²) >= 11 is 6.10. The van der Waals surface area contributed by atoms with E-state index in [9.17, 15) is 9.59 Å². The Morgan fingerprint density at radius 2 is 1.83 bits per heavy atom. The van der Waals surface area contributed by atoms with Gasteiger partial charge in [-0.25, -0.2) is 4.79 Å². The number of hydrogen-bond acceptors (Lipinski definition) is 4. The van der Waals surface area contributed by atoms with E-state index in [0.717, 1.165) is 17.8 Å². The molecule has 0 aliphatic rings. The molecule has 0 atom stereocenters. The molecule has 1 aromatic carbocycles. The summed E-state index contributed by atoms with van der Waals surface area (Å²) in [6.07, 6.45) is 0.740. The number of aryl methyl sites for hydroxylation is 2. The Morgan fingerprint density at radius 1 is 1.21 bits per heavy atom. The van der Waals surface area contributed by atoms with Gasteiger partial charge < -0.3 is 10.1 Å². The molecule has 0 unspecified atom stereocenters. The van der Waals surface area contributed by atoms with Crippen LogP contribution in [0.2, 0.25) is 5.02 Å². The number of methoxy groups -OCH3 is 1. The molecule has 2 rings (SSSR count). The van der Waals surface area contributed by atoms with Gasteiger partial charge in [-0.1, -0.05) is 11.6 Å². The summed E-state index contributed by atoms with van der Waals surface area (Å²) in [7, 11) is 1.32. The zero-order chi connectivity index (χ0) is 17.7. The average Bonchev–Trinajstić information content (AvgIpc) is 2.85. The second-order valence-corrected chi connectivity index (χ2v) is 5.76. The van der Waals surface area contributed by atoms with E-state index in [0.29, 0.717) is 29.2 Å². The van der Waals surface area contributed by atoms with Gasteiger partial charge in [0.1, 0.15) is 0 Å². The Morgan fingerprint density at radius 3 is 2.38 bits per heavy atom. The molecule has 0 saturated heterocycles. The predicted molar refractivity (Wildman–Crippen MR) is 91.4 cm³/mol. The third-order valence-corrected chi connectivity index (χ3v) is 4.24. The number of nitrogens with zero attached hydrogens (tertiary/aromatic N) is 2. The van der Waals surface area contributed by atoms with Crippen LogP contribution in [0, 0.1) is 13.8 Å². The molecule has 0 saturated carbocycles. The van der Waals surface area contributed by atoms with Crippen LogP contribution in [0.5, 0.6) is 0 Å². The Kier molecular flexibility index (Phi) is 5.98. The molecule has 24 heavy (non-hydrogen) atoms. The highest BCUT2D eigenvalue weighted by Gasteiger charge is 2.10. The van der Waals surface area contributed by atoms with Gasteiger partial charge in [-0.2, -0.15) is 5.10 Å². The first-order valence-electron chi connectivity index (χ1n) is 7.60. The van der Waals surface area contributed by atoms with E-state index in [2.05, 4.69) is 15.2 Å². The van der Waals surface area contributed by atoms with Crippen LogP contribution in [0.1, 0.15) is 38.5 Å². The first-order chi connectivity index (χ1) is 11.4. The minimum Gasteiger partial charge on any atom is -0.465 e. The SMILES string of the molecule is COC(=O)c1ccc(C(=O)NCCCn2nc(C)c(Cl)c2C)cc1. The van der Waals surface area contributed by atoms with Crippen molar-refractivity contribution in [2.45, 2.75) is 26.8 Å². The van der Waals surface area contributed by atoms with Crippen LogP contribution < -0.4 is 5.32 Å². The molecule has 1 aromatic heterocycles. The van der Waals surface area contributed by atoms with Crippen molar-refractivity contribution in [1.82, 2.24) is 15.1 Å². The molecule has 128 valence electrons. The third kappa shape index (κ3) is 4.14. The number of amides is 1. The predicted octanol–water partition coefficient (Wildman–Crippen LogP) is 2.76. The van der Waals surface area contributed by atoms with Crippen LogP contribution in [0.3, 0.4) is 0 Å². The topological polar surface area (TPSA) is 73.2 Å². The molecular weight excluding hydrogens is 330 g/mol. The van der Waals surface area contributed by atoms with Crippen LogP contribution in [-0.4, -0.2) is 35.3 Å². The number of halogens is 1. The maximum absolute atomic E-state index is 12.1. The molecule has 1 N–H and O–H groups in total. The van der Waals surface area contributed by atoms with E-state index in [1.165, 1.54) is 7.11 Å². The van der Waals surface area contributed by atoms with Crippen molar-refractivity contribution in [2.24, 2.45) is 0 Å². The molecular formula is C17H20ClN3O3. The quantitative estimate of drug-likeness (QED) is 0.643. The molecule has 0 bridgehead atoms. The highest BCUT2D eigenvalue weighted by atomic mass is 35.5. The van der Waals surface area contributed by atoms with Gasteiger partial charge in [-0.15, -0.1) is 0 Å². The van der Waals surface area contributed by atoms with E-state index < -0.39 is 5.97 Å². The number of esters is 1. The molecule has 1 amide bonds. The Labute approximate surface area is 145 Å². The summed E-state index contributed by atoms with van der Waals surface area (Å²) in [4.78, 5) is 23.4. The van der Waals surface area contributed by atoms with E-state index in [1.807, 2.05) is 18.5 Å². The molecule has 0 spiro atoms. The van der Waals surface area contributed by atoms with Crippen molar-refractivity contribution in [2.75, 3.05) is 13.7 Å². The number of carbonyl (C=O) groups excluding carboxylic acids is 2. The maximum Gasteiger partial charge on any atom is 0.337 e. The van der Waals surface area contributed by atoms with Gasteiger partial charge in [0.05, 0.1) is 29.1 Å². The van der Waals surface area contributed by atoms with Crippen LogP contribution in [0.4, 0.5) is 0 Å². The molecule has 0 aliphatic carbocycles. The zero-order valence-electron chi connectivity index (χ0n) is 13.9. The number of ether oxygens (including phenoxy) is 1. The first-order valence-corrected chi connectivity index (χ1v) is 7.98. The number of rotatable bonds is 6. The molecule has 0 aliphatic heterocycles. The number of aromatic nitrogens is 2. The van der Waals surface area contributed by atoms with E-state index in [-0.39, 0.29) is 5.91 Å².